The van der Waals surface area contributed by atoms with Crippen LogP contribution in [0.1, 0.15) is 50.5 Å². The summed E-state index contributed by atoms with van der Waals surface area (Å²) in [4.78, 5) is 50.8. The van der Waals surface area contributed by atoms with E-state index in [1.54, 1.807) is 4.90 Å². The van der Waals surface area contributed by atoms with Crippen LogP contribution in [0.15, 0.2) is 18.2 Å². The van der Waals surface area contributed by atoms with Crippen molar-refractivity contribution in [3.05, 3.63) is 56.4 Å². The van der Waals surface area contributed by atoms with Crippen molar-refractivity contribution < 1.29 is 19.3 Å². The summed E-state index contributed by atoms with van der Waals surface area (Å²) in [5.41, 5.74) is 3.19. The molecule has 1 aromatic heterocycles. The number of nitro benzene ring substituents is 1. The number of aromatic nitrogens is 2. The van der Waals surface area contributed by atoms with E-state index in [4.69, 9.17) is 0 Å². The first-order valence-corrected chi connectivity index (χ1v) is 9.71. The largest absolute Gasteiger partial charge is 0.336 e. The number of amides is 3. The van der Waals surface area contributed by atoms with Crippen molar-refractivity contribution in [3.8, 4) is 0 Å². The van der Waals surface area contributed by atoms with Gasteiger partial charge in [-0.15, -0.1) is 0 Å². The van der Waals surface area contributed by atoms with Gasteiger partial charge in [0.05, 0.1) is 34.0 Å². The van der Waals surface area contributed by atoms with Crippen LogP contribution in [0.2, 0.25) is 0 Å². The molecule has 0 unspecified atom stereocenters. The van der Waals surface area contributed by atoms with E-state index in [1.807, 2.05) is 18.7 Å². The summed E-state index contributed by atoms with van der Waals surface area (Å²) in [5, 5.41) is 15.3. The second kappa shape index (κ2) is 7.36. The highest BCUT2D eigenvalue weighted by atomic mass is 16.6. The Morgan fingerprint density at radius 2 is 1.97 bits per heavy atom. The Hall–Kier alpha value is -3.56. The normalized spacial score (nSPS) is 15.4. The van der Waals surface area contributed by atoms with Gasteiger partial charge in [0.2, 0.25) is 5.91 Å². The van der Waals surface area contributed by atoms with E-state index in [0.29, 0.717) is 19.5 Å². The van der Waals surface area contributed by atoms with Crippen LogP contribution in [-0.2, 0) is 24.8 Å². The first kappa shape index (κ1) is 19.7. The molecule has 2 aliphatic rings. The number of nitro groups is 1. The molecule has 30 heavy (non-hydrogen) atoms. The Morgan fingerprint density at radius 3 is 2.70 bits per heavy atom. The molecule has 0 aliphatic carbocycles. The molecule has 0 saturated carbocycles. The van der Waals surface area contributed by atoms with E-state index in [1.165, 1.54) is 17.7 Å². The van der Waals surface area contributed by atoms with E-state index in [9.17, 15) is 24.5 Å². The van der Waals surface area contributed by atoms with Gasteiger partial charge in [0.1, 0.15) is 0 Å². The summed E-state index contributed by atoms with van der Waals surface area (Å²) in [7, 11) is 1.87. The van der Waals surface area contributed by atoms with Gasteiger partial charge in [0.25, 0.3) is 17.5 Å². The average Bonchev–Trinajstić information content (AvgIpc) is 3.15. The van der Waals surface area contributed by atoms with Gasteiger partial charge in [-0.25, -0.2) is 0 Å². The van der Waals surface area contributed by atoms with E-state index in [0.717, 1.165) is 28.8 Å². The molecule has 0 atom stereocenters. The van der Waals surface area contributed by atoms with Crippen LogP contribution in [0, 0.1) is 17.0 Å². The molecule has 2 aromatic rings. The van der Waals surface area contributed by atoms with Crippen molar-refractivity contribution in [1.82, 2.24) is 19.6 Å². The van der Waals surface area contributed by atoms with Crippen molar-refractivity contribution in [2.75, 3.05) is 13.1 Å². The van der Waals surface area contributed by atoms with Crippen LogP contribution in [-0.4, -0.2) is 55.3 Å². The van der Waals surface area contributed by atoms with Crippen LogP contribution >= 0.6 is 0 Å². The summed E-state index contributed by atoms with van der Waals surface area (Å²) >= 11 is 0. The summed E-state index contributed by atoms with van der Waals surface area (Å²) in [6, 6.07) is 3.64. The number of imide groups is 1. The lowest BCUT2D eigenvalue weighted by molar-refractivity contribution is -0.384. The molecule has 0 bridgehead atoms. The summed E-state index contributed by atoms with van der Waals surface area (Å²) in [5.74, 6) is -1.07. The fourth-order valence-corrected chi connectivity index (χ4v) is 4.13. The molecule has 0 fully saturated rings. The van der Waals surface area contributed by atoms with Gasteiger partial charge >= 0.3 is 0 Å². The molecular formula is C20H21N5O5. The lowest BCUT2D eigenvalue weighted by Gasteiger charge is -2.28. The Balaban J connectivity index is 1.36. The number of rotatable bonds is 5. The highest BCUT2D eigenvalue weighted by Crippen LogP contribution is 2.27. The van der Waals surface area contributed by atoms with Gasteiger partial charge in [0.15, 0.2) is 0 Å². The second-order valence-electron chi connectivity index (χ2n) is 7.55. The van der Waals surface area contributed by atoms with Crippen LogP contribution in [0.5, 0.6) is 0 Å². The van der Waals surface area contributed by atoms with E-state index < -0.39 is 16.7 Å². The molecular weight excluding hydrogens is 390 g/mol. The topological polar surface area (TPSA) is 119 Å². The maximum atomic E-state index is 12.6. The zero-order valence-corrected chi connectivity index (χ0v) is 16.8. The molecule has 0 radical (unpaired) electrons. The molecule has 10 nitrogen and oxygen atoms in total. The third kappa shape index (κ3) is 3.23. The van der Waals surface area contributed by atoms with Gasteiger partial charge in [0, 0.05) is 38.7 Å². The Kier molecular flexibility index (Phi) is 4.84. The minimum absolute atomic E-state index is 0.0354. The van der Waals surface area contributed by atoms with Crippen molar-refractivity contribution in [2.45, 2.75) is 32.7 Å². The highest BCUT2D eigenvalue weighted by molar-refractivity contribution is 6.21. The molecule has 0 N–H and O–H groups in total. The van der Waals surface area contributed by atoms with E-state index in [-0.39, 0.29) is 35.7 Å². The molecule has 1 aromatic carbocycles. The minimum Gasteiger partial charge on any atom is -0.336 e. The molecule has 0 spiro atoms. The number of fused-ring (bicyclic) bond motifs is 2. The first-order valence-electron chi connectivity index (χ1n) is 9.71. The van der Waals surface area contributed by atoms with Crippen molar-refractivity contribution in [3.63, 3.8) is 0 Å². The predicted molar refractivity (Wildman–Crippen MR) is 105 cm³/mol. The van der Waals surface area contributed by atoms with Crippen LogP contribution in [0.25, 0.3) is 0 Å². The van der Waals surface area contributed by atoms with Gasteiger partial charge < -0.3 is 4.90 Å². The third-order valence-corrected chi connectivity index (χ3v) is 5.74. The molecule has 0 saturated heterocycles. The number of benzene rings is 1. The van der Waals surface area contributed by atoms with Gasteiger partial charge in [-0.2, -0.15) is 5.10 Å². The number of hydrogen-bond donors (Lipinski definition) is 0. The number of aryl methyl sites for hydroxylation is 2. The molecule has 156 valence electrons. The zero-order valence-electron chi connectivity index (χ0n) is 16.8. The lowest BCUT2D eigenvalue weighted by Crippen LogP contribution is -2.37. The van der Waals surface area contributed by atoms with Crippen molar-refractivity contribution in [1.29, 1.82) is 0 Å². The zero-order chi connectivity index (χ0) is 21.6. The Bertz CT molecular complexity index is 1090. The Labute approximate surface area is 172 Å². The molecule has 4 rings (SSSR count). The molecule has 3 heterocycles. The first-order chi connectivity index (χ1) is 14.3. The van der Waals surface area contributed by atoms with Gasteiger partial charge in [-0.05, 0) is 31.4 Å². The van der Waals surface area contributed by atoms with Crippen LogP contribution in [0.4, 0.5) is 5.69 Å². The monoisotopic (exact) mass is 411 g/mol. The number of carbonyl (C=O) groups is 3. The minimum atomic E-state index is -0.604. The highest BCUT2D eigenvalue weighted by Gasteiger charge is 2.36. The smallest absolute Gasteiger partial charge is 0.270 e. The average molecular weight is 411 g/mol. The second-order valence-corrected chi connectivity index (χ2v) is 7.55. The summed E-state index contributed by atoms with van der Waals surface area (Å²) in [6.07, 6.45) is 1.30. The molecule has 2 aliphatic heterocycles. The number of hydrogen-bond acceptors (Lipinski definition) is 6. The Morgan fingerprint density at radius 1 is 1.23 bits per heavy atom. The van der Waals surface area contributed by atoms with Crippen LogP contribution < -0.4 is 0 Å². The molecule has 10 heteroatoms. The summed E-state index contributed by atoms with van der Waals surface area (Å²) < 4.78 is 1.81. The number of nitrogens with zero attached hydrogens (tertiary/aromatic N) is 5. The number of non-ortho nitro benzene ring substituents is 1. The molecule has 3 amide bonds. The maximum Gasteiger partial charge on any atom is 0.270 e. The van der Waals surface area contributed by atoms with Gasteiger partial charge in [-0.1, -0.05) is 0 Å². The van der Waals surface area contributed by atoms with Crippen LogP contribution in [0.3, 0.4) is 0 Å². The quantitative estimate of drug-likeness (QED) is 0.419. The lowest BCUT2D eigenvalue weighted by atomic mass is 10.0. The van der Waals surface area contributed by atoms with E-state index in [2.05, 4.69) is 5.10 Å². The maximum absolute atomic E-state index is 12.6. The van der Waals surface area contributed by atoms with E-state index >= 15 is 0 Å². The third-order valence-electron chi connectivity index (χ3n) is 5.74. The standard InChI is InChI=1S/C20H21N5O5/c1-12-14-7-9-23(11-17(14)22(2)21-12)18(26)4-3-8-24-19(27)15-6-5-13(25(29)30)10-16(15)20(24)28/h5-6,10H,3-4,7-9,11H2,1-2H3. The van der Waals surface area contributed by atoms with Crippen molar-refractivity contribution >= 4 is 23.4 Å². The summed E-state index contributed by atoms with van der Waals surface area (Å²) in [6.45, 7) is 3.18. The predicted octanol–water partition coefficient (Wildman–Crippen LogP) is 1.60. The van der Waals surface area contributed by atoms with Crippen molar-refractivity contribution in [2.24, 2.45) is 7.05 Å². The fraction of sp³-hybridized carbons (Fsp3) is 0.400. The SMILES string of the molecule is Cc1nn(C)c2c1CCN(C(=O)CCCN1C(=O)c3ccc([N+](=O)[O-])cc3C1=O)C2. The fourth-order valence-electron chi connectivity index (χ4n) is 4.13. The van der Waals surface area contributed by atoms with Gasteiger partial charge in [-0.3, -0.25) is 34.1 Å². The number of carbonyl (C=O) groups excluding carboxylic acids is 3.